The summed E-state index contributed by atoms with van der Waals surface area (Å²) in [4.78, 5) is 5.78. The molecule has 0 amide bonds. The first-order chi connectivity index (χ1) is 11.3. The molecule has 0 unspecified atom stereocenters. The molecule has 4 nitrogen and oxygen atoms in total. The molecule has 0 fully saturated rings. The van der Waals surface area contributed by atoms with E-state index < -0.39 is 0 Å². The Morgan fingerprint density at radius 2 is 2.08 bits per heavy atom. The number of nitrogens with one attached hydrogen (secondary N) is 1. The number of rotatable bonds is 6. The summed E-state index contributed by atoms with van der Waals surface area (Å²) in [5, 5.41) is 5.25. The first-order valence-corrected chi connectivity index (χ1v) is 9.06. The molecule has 1 heterocycles. The van der Waals surface area contributed by atoms with E-state index in [0.717, 1.165) is 24.3 Å². The van der Waals surface area contributed by atoms with E-state index in [1.54, 1.807) is 11.3 Å². The van der Waals surface area contributed by atoms with Gasteiger partial charge < -0.3 is 15.8 Å². The summed E-state index contributed by atoms with van der Waals surface area (Å²) in [5.41, 5.74) is 7.94. The molecule has 0 aliphatic rings. The van der Waals surface area contributed by atoms with Crippen LogP contribution in [0.25, 0.3) is 0 Å². The molecule has 3 N–H and O–H groups in total. The second-order valence-electron chi connectivity index (χ2n) is 6.78. The van der Waals surface area contributed by atoms with Crippen LogP contribution in [0.3, 0.4) is 0 Å². The Balaban J connectivity index is 1.94. The van der Waals surface area contributed by atoms with Crippen LogP contribution >= 0.6 is 11.3 Å². The van der Waals surface area contributed by atoms with Crippen LogP contribution in [0.5, 0.6) is 5.75 Å². The molecule has 130 valence electrons. The monoisotopic (exact) mass is 345 g/mol. The summed E-state index contributed by atoms with van der Waals surface area (Å²) >= 11 is 1.76. The van der Waals surface area contributed by atoms with Gasteiger partial charge in [-0.25, -0.2) is 4.99 Å². The van der Waals surface area contributed by atoms with Crippen molar-refractivity contribution in [3.8, 4) is 5.75 Å². The first kappa shape index (κ1) is 18.3. The highest BCUT2D eigenvalue weighted by Gasteiger charge is 2.14. The standard InChI is InChI=1S/C19H27N3OS/c1-14-7-8-15(17(12-14)23-19(2,3)4)13-22-18(20)21-10-9-16-6-5-11-24-16/h5-8,11-12H,9-10,13H2,1-4H3,(H3,20,21,22). The number of hydrogen-bond donors (Lipinski definition) is 2. The summed E-state index contributed by atoms with van der Waals surface area (Å²) in [5.74, 6) is 1.34. The maximum Gasteiger partial charge on any atom is 0.188 e. The van der Waals surface area contributed by atoms with E-state index in [1.165, 1.54) is 10.4 Å². The minimum Gasteiger partial charge on any atom is -0.488 e. The molecular weight excluding hydrogens is 318 g/mol. The van der Waals surface area contributed by atoms with Crippen molar-refractivity contribution in [1.82, 2.24) is 5.32 Å². The number of nitrogens with two attached hydrogens (primary N) is 1. The molecule has 0 aliphatic carbocycles. The Morgan fingerprint density at radius 1 is 1.29 bits per heavy atom. The fourth-order valence-corrected chi connectivity index (χ4v) is 2.92. The molecule has 1 aromatic heterocycles. The number of benzene rings is 1. The van der Waals surface area contributed by atoms with Gasteiger partial charge in [-0.05, 0) is 57.2 Å². The van der Waals surface area contributed by atoms with Crippen molar-refractivity contribution >= 4 is 17.3 Å². The molecule has 0 radical (unpaired) electrons. The fourth-order valence-electron chi connectivity index (χ4n) is 2.21. The van der Waals surface area contributed by atoms with Gasteiger partial charge in [0, 0.05) is 17.0 Å². The third-order valence-electron chi connectivity index (χ3n) is 3.32. The van der Waals surface area contributed by atoms with Crippen LogP contribution in [-0.2, 0) is 13.0 Å². The lowest BCUT2D eigenvalue weighted by atomic mass is 10.1. The molecular formula is C19H27N3OS. The Morgan fingerprint density at radius 3 is 2.75 bits per heavy atom. The number of hydrogen-bond acceptors (Lipinski definition) is 3. The summed E-state index contributed by atoms with van der Waals surface area (Å²) in [7, 11) is 0. The predicted octanol–water partition coefficient (Wildman–Crippen LogP) is 3.88. The third-order valence-corrected chi connectivity index (χ3v) is 4.25. The van der Waals surface area contributed by atoms with Gasteiger partial charge in [0.15, 0.2) is 5.96 Å². The Labute approximate surface area is 148 Å². The van der Waals surface area contributed by atoms with Gasteiger partial charge in [-0.15, -0.1) is 11.3 Å². The van der Waals surface area contributed by atoms with Gasteiger partial charge in [0.1, 0.15) is 11.4 Å². The van der Waals surface area contributed by atoms with E-state index in [9.17, 15) is 0 Å². The maximum atomic E-state index is 6.05. The average molecular weight is 346 g/mol. The van der Waals surface area contributed by atoms with E-state index in [4.69, 9.17) is 10.5 Å². The number of nitrogens with zero attached hydrogens (tertiary/aromatic N) is 1. The van der Waals surface area contributed by atoms with Crippen molar-refractivity contribution in [3.63, 3.8) is 0 Å². The highest BCUT2D eigenvalue weighted by atomic mass is 32.1. The van der Waals surface area contributed by atoms with Gasteiger partial charge in [-0.2, -0.15) is 0 Å². The van der Waals surface area contributed by atoms with Crippen molar-refractivity contribution in [3.05, 3.63) is 51.7 Å². The lowest BCUT2D eigenvalue weighted by molar-refractivity contribution is 0.129. The largest absolute Gasteiger partial charge is 0.488 e. The van der Waals surface area contributed by atoms with Gasteiger partial charge in [0.05, 0.1) is 6.54 Å². The van der Waals surface area contributed by atoms with Crippen LogP contribution in [0.4, 0.5) is 0 Å². The lowest BCUT2D eigenvalue weighted by Crippen LogP contribution is -2.33. The van der Waals surface area contributed by atoms with E-state index >= 15 is 0 Å². The van der Waals surface area contributed by atoms with Crippen LogP contribution in [0.2, 0.25) is 0 Å². The summed E-state index contributed by atoms with van der Waals surface area (Å²) < 4.78 is 6.05. The molecule has 0 atom stereocenters. The molecule has 1 aromatic carbocycles. The van der Waals surface area contributed by atoms with Crippen molar-refractivity contribution in [1.29, 1.82) is 0 Å². The molecule has 2 aromatic rings. The molecule has 2 rings (SSSR count). The van der Waals surface area contributed by atoms with E-state index in [1.807, 2.05) is 20.8 Å². The number of aryl methyl sites for hydroxylation is 1. The van der Waals surface area contributed by atoms with Gasteiger partial charge in [0.25, 0.3) is 0 Å². The van der Waals surface area contributed by atoms with Crippen LogP contribution in [-0.4, -0.2) is 18.1 Å². The van der Waals surface area contributed by atoms with Crippen LogP contribution < -0.4 is 15.8 Å². The van der Waals surface area contributed by atoms with Crippen LogP contribution in [0.15, 0.2) is 40.7 Å². The SMILES string of the molecule is Cc1ccc(CN=C(N)NCCc2cccs2)c(OC(C)(C)C)c1. The van der Waals surface area contributed by atoms with Crippen molar-refractivity contribution in [2.24, 2.45) is 10.7 Å². The lowest BCUT2D eigenvalue weighted by Gasteiger charge is -2.23. The zero-order valence-corrected chi connectivity index (χ0v) is 15.7. The minimum absolute atomic E-state index is 0.239. The number of ether oxygens (including phenoxy) is 1. The number of thiophene rings is 1. The molecule has 0 spiro atoms. The summed E-state index contributed by atoms with van der Waals surface area (Å²) in [6.45, 7) is 9.48. The zero-order valence-electron chi connectivity index (χ0n) is 14.9. The molecule has 0 saturated carbocycles. The fraction of sp³-hybridized carbons (Fsp3) is 0.421. The van der Waals surface area contributed by atoms with Crippen LogP contribution in [0.1, 0.15) is 36.8 Å². The van der Waals surface area contributed by atoms with E-state index in [-0.39, 0.29) is 5.60 Å². The van der Waals surface area contributed by atoms with E-state index in [0.29, 0.717) is 12.5 Å². The van der Waals surface area contributed by atoms with Gasteiger partial charge in [0.2, 0.25) is 0 Å². The molecule has 24 heavy (non-hydrogen) atoms. The van der Waals surface area contributed by atoms with Gasteiger partial charge >= 0.3 is 0 Å². The predicted molar refractivity (Wildman–Crippen MR) is 103 cm³/mol. The molecule has 0 saturated heterocycles. The minimum atomic E-state index is -0.239. The normalized spacial score (nSPS) is 12.2. The van der Waals surface area contributed by atoms with Gasteiger partial charge in [-0.1, -0.05) is 18.2 Å². The second-order valence-corrected chi connectivity index (χ2v) is 7.82. The first-order valence-electron chi connectivity index (χ1n) is 8.18. The number of aliphatic imine (C=N–C) groups is 1. The second kappa shape index (κ2) is 8.20. The highest BCUT2D eigenvalue weighted by Crippen LogP contribution is 2.25. The topological polar surface area (TPSA) is 59.6 Å². The number of guanidine groups is 1. The Kier molecular flexibility index (Phi) is 6.26. The molecule has 0 aliphatic heterocycles. The highest BCUT2D eigenvalue weighted by molar-refractivity contribution is 7.09. The van der Waals surface area contributed by atoms with E-state index in [2.05, 4.69) is 52.9 Å². The Bertz CT molecular complexity index is 672. The maximum absolute atomic E-state index is 6.05. The van der Waals surface area contributed by atoms with Gasteiger partial charge in [-0.3, -0.25) is 0 Å². The van der Waals surface area contributed by atoms with Crippen molar-refractivity contribution in [2.75, 3.05) is 6.54 Å². The third kappa shape index (κ3) is 6.24. The zero-order chi connectivity index (χ0) is 17.6. The average Bonchev–Trinajstić information content (AvgIpc) is 2.98. The summed E-state index contributed by atoms with van der Waals surface area (Å²) in [6.07, 6.45) is 0.955. The van der Waals surface area contributed by atoms with Crippen LogP contribution in [0, 0.1) is 6.92 Å². The van der Waals surface area contributed by atoms with Crippen molar-refractivity contribution in [2.45, 2.75) is 46.3 Å². The smallest absolute Gasteiger partial charge is 0.188 e. The summed E-state index contributed by atoms with van der Waals surface area (Å²) in [6, 6.07) is 10.4. The van der Waals surface area contributed by atoms with Crippen molar-refractivity contribution < 1.29 is 4.74 Å². The molecule has 0 bridgehead atoms. The Hall–Kier alpha value is -2.01. The molecule has 5 heteroatoms. The quantitative estimate of drug-likeness (QED) is 0.617.